The zero-order valence-corrected chi connectivity index (χ0v) is 21.4. The lowest BCUT2D eigenvalue weighted by Gasteiger charge is -2.26. The number of nitrogens with one attached hydrogen (secondary N) is 3. The number of hydrogen-bond donors (Lipinski definition) is 5. The van der Waals surface area contributed by atoms with Gasteiger partial charge in [0.25, 0.3) is 5.56 Å². The first-order valence-corrected chi connectivity index (χ1v) is 12.3. The van der Waals surface area contributed by atoms with Crippen molar-refractivity contribution in [2.45, 2.75) is 57.8 Å². The van der Waals surface area contributed by atoms with Crippen LogP contribution < -0.4 is 21.9 Å². The average molecular weight is 525 g/mol. The fraction of sp³-hybridized carbons (Fsp3) is 0.370. The standard InChI is InChI=1S/C27H32N4O7/c1-15(2)13-20(23(33)30-22(16(3)32)26(36)37)28-24(34)21(14-17-9-5-4-6-10-17)31-25(35)18-11-7-8-12-19(18)29-27(31)38/h4-12,15-16,20-22,32H,13-14H2,1-3H3,(H,28,34)(H,29,38)(H,30,33)(H,36,37)/t16-,20-,21-,22-/m0/s1. The van der Waals surface area contributed by atoms with Crippen LogP contribution in [0, 0.1) is 5.92 Å². The Balaban J connectivity index is 2.02. The predicted octanol–water partition coefficient (Wildman–Crippen LogP) is 0.955. The summed E-state index contributed by atoms with van der Waals surface area (Å²) in [6.07, 6.45) is -1.26. The normalized spacial score (nSPS) is 14.4. The average Bonchev–Trinajstić information content (AvgIpc) is 2.86. The highest BCUT2D eigenvalue weighted by atomic mass is 16.4. The molecule has 4 atom stereocenters. The van der Waals surface area contributed by atoms with Gasteiger partial charge in [-0.15, -0.1) is 0 Å². The van der Waals surface area contributed by atoms with Crippen molar-refractivity contribution in [3.8, 4) is 0 Å². The lowest BCUT2D eigenvalue weighted by atomic mass is 10.00. The molecule has 11 nitrogen and oxygen atoms in total. The van der Waals surface area contributed by atoms with Gasteiger partial charge in [0.15, 0.2) is 6.04 Å². The van der Waals surface area contributed by atoms with E-state index in [9.17, 15) is 34.2 Å². The lowest BCUT2D eigenvalue weighted by molar-refractivity contribution is -0.145. The van der Waals surface area contributed by atoms with E-state index >= 15 is 0 Å². The Bertz CT molecular complexity index is 1410. The van der Waals surface area contributed by atoms with Crippen LogP contribution in [-0.4, -0.2) is 55.7 Å². The Morgan fingerprint density at radius 2 is 1.55 bits per heavy atom. The summed E-state index contributed by atoms with van der Waals surface area (Å²) in [4.78, 5) is 67.2. The van der Waals surface area contributed by atoms with Gasteiger partial charge in [0.1, 0.15) is 12.1 Å². The minimum atomic E-state index is -1.58. The van der Waals surface area contributed by atoms with Gasteiger partial charge in [-0.2, -0.15) is 0 Å². The van der Waals surface area contributed by atoms with Gasteiger partial charge in [0.05, 0.1) is 17.0 Å². The molecule has 0 aliphatic heterocycles. The molecule has 0 unspecified atom stereocenters. The zero-order valence-electron chi connectivity index (χ0n) is 21.4. The van der Waals surface area contributed by atoms with Crippen molar-refractivity contribution >= 4 is 28.7 Å². The molecule has 1 heterocycles. The number of hydrogen-bond acceptors (Lipinski definition) is 6. The van der Waals surface area contributed by atoms with Gasteiger partial charge in [0, 0.05) is 6.42 Å². The summed E-state index contributed by atoms with van der Waals surface area (Å²) in [5.74, 6) is -3.08. The Kier molecular flexibility index (Phi) is 9.19. The second-order valence-electron chi connectivity index (χ2n) is 9.61. The molecule has 0 radical (unpaired) electrons. The summed E-state index contributed by atoms with van der Waals surface area (Å²) in [7, 11) is 0. The van der Waals surface area contributed by atoms with Crippen LogP contribution in [0.2, 0.25) is 0 Å². The molecule has 3 aromatic rings. The summed E-state index contributed by atoms with van der Waals surface area (Å²) in [5, 5.41) is 24.2. The number of fused-ring (bicyclic) bond motifs is 1. The topological polar surface area (TPSA) is 171 Å². The van der Waals surface area contributed by atoms with Crippen LogP contribution in [-0.2, 0) is 20.8 Å². The molecule has 0 bridgehead atoms. The monoisotopic (exact) mass is 524 g/mol. The van der Waals surface area contributed by atoms with E-state index < -0.39 is 53.3 Å². The summed E-state index contributed by atoms with van der Waals surface area (Å²) in [6, 6.07) is 11.2. The van der Waals surface area contributed by atoms with Crippen molar-refractivity contribution < 1.29 is 24.6 Å². The third-order valence-electron chi connectivity index (χ3n) is 6.11. The van der Waals surface area contributed by atoms with E-state index in [1.165, 1.54) is 6.92 Å². The third-order valence-corrected chi connectivity index (χ3v) is 6.11. The zero-order chi connectivity index (χ0) is 28.0. The van der Waals surface area contributed by atoms with E-state index in [0.717, 1.165) is 4.57 Å². The number of nitrogens with zero attached hydrogens (tertiary/aromatic N) is 1. The van der Waals surface area contributed by atoms with Gasteiger partial charge in [-0.3, -0.25) is 14.4 Å². The highest BCUT2D eigenvalue weighted by Gasteiger charge is 2.33. The van der Waals surface area contributed by atoms with E-state index in [2.05, 4.69) is 15.6 Å². The number of aromatic amines is 1. The van der Waals surface area contributed by atoms with Crippen molar-refractivity contribution in [3.05, 3.63) is 81.0 Å². The quantitative estimate of drug-likeness (QED) is 0.249. The molecule has 5 N–H and O–H groups in total. The van der Waals surface area contributed by atoms with E-state index in [0.29, 0.717) is 11.1 Å². The maximum Gasteiger partial charge on any atom is 0.329 e. The summed E-state index contributed by atoms with van der Waals surface area (Å²) in [6.45, 7) is 4.86. The Morgan fingerprint density at radius 3 is 2.16 bits per heavy atom. The molecule has 0 spiro atoms. The second kappa shape index (κ2) is 12.3. The molecule has 2 amide bonds. The van der Waals surface area contributed by atoms with Gasteiger partial charge in [-0.25, -0.2) is 14.2 Å². The SMILES string of the molecule is CC(C)C[C@H](NC(=O)[C@H](Cc1ccccc1)n1c(=O)[nH]c2ccccc2c1=O)C(=O)N[C@H](C(=O)O)[C@H](C)O. The van der Waals surface area contributed by atoms with Gasteiger partial charge in [-0.1, -0.05) is 56.3 Å². The van der Waals surface area contributed by atoms with Crippen LogP contribution in [0.4, 0.5) is 0 Å². The number of amides is 2. The Hall–Kier alpha value is -4.25. The number of para-hydroxylation sites is 1. The van der Waals surface area contributed by atoms with Crippen molar-refractivity contribution in [1.82, 2.24) is 20.2 Å². The number of benzene rings is 2. The fourth-order valence-electron chi connectivity index (χ4n) is 4.21. The molecule has 38 heavy (non-hydrogen) atoms. The van der Waals surface area contributed by atoms with E-state index in [-0.39, 0.29) is 24.1 Å². The van der Waals surface area contributed by atoms with Gasteiger partial charge in [-0.05, 0) is 37.0 Å². The molecule has 0 fully saturated rings. The van der Waals surface area contributed by atoms with Crippen LogP contribution in [0.3, 0.4) is 0 Å². The van der Waals surface area contributed by atoms with E-state index in [1.54, 1.807) is 54.6 Å². The van der Waals surface area contributed by atoms with Gasteiger partial charge >= 0.3 is 11.7 Å². The van der Waals surface area contributed by atoms with Crippen molar-refractivity contribution in [2.75, 3.05) is 0 Å². The number of carboxylic acid groups (broad SMARTS) is 1. The largest absolute Gasteiger partial charge is 0.480 e. The summed E-state index contributed by atoms with van der Waals surface area (Å²) >= 11 is 0. The van der Waals surface area contributed by atoms with Crippen LogP contribution in [0.25, 0.3) is 10.9 Å². The van der Waals surface area contributed by atoms with Crippen molar-refractivity contribution in [1.29, 1.82) is 0 Å². The number of carbonyl (C=O) groups is 3. The maximum atomic E-state index is 13.7. The molecule has 2 aromatic carbocycles. The molecular formula is C27H32N4O7. The first kappa shape index (κ1) is 28.3. The Labute approximate surface area is 218 Å². The Morgan fingerprint density at radius 1 is 0.921 bits per heavy atom. The van der Waals surface area contributed by atoms with Crippen LogP contribution in [0.5, 0.6) is 0 Å². The smallest absolute Gasteiger partial charge is 0.329 e. The number of carbonyl (C=O) groups excluding carboxylic acids is 2. The highest BCUT2D eigenvalue weighted by Crippen LogP contribution is 2.15. The van der Waals surface area contributed by atoms with E-state index in [4.69, 9.17) is 0 Å². The predicted molar refractivity (Wildman–Crippen MR) is 141 cm³/mol. The molecular weight excluding hydrogens is 492 g/mol. The van der Waals surface area contributed by atoms with Gasteiger partial charge < -0.3 is 25.8 Å². The van der Waals surface area contributed by atoms with Crippen molar-refractivity contribution in [3.63, 3.8) is 0 Å². The summed E-state index contributed by atoms with van der Waals surface area (Å²) < 4.78 is 0.838. The second-order valence-corrected chi connectivity index (χ2v) is 9.61. The van der Waals surface area contributed by atoms with Crippen LogP contribution in [0.15, 0.2) is 64.2 Å². The first-order valence-electron chi connectivity index (χ1n) is 12.3. The number of aliphatic hydroxyl groups excluding tert-OH is 1. The fourth-order valence-corrected chi connectivity index (χ4v) is 4.21. The van der Waals surface area contributed by atoms with E-state index in [1.807, 2.05) is 13.8 Å². The van der Waals surface area contributed by atoms with Crippen LogP contribution >= 0.6 is 0 Å². The van der Waals surface area contributed by atoms with Gasteiger partial charge in [0.2, 0.25) is 11.8 Å². The minimum Gasteiger partial charge on any atom is -0.480 e. The third kappa shape index (κ3) is 6.74. The number of rotatable bonds is 11. The highest BCUT2D eigenvalue weighted by molar-refractivity contribution is 5.91. The number of aliphatic carboxylic acids is 1. The molecule has 202 valence electrons. The minimum absolute atomic E-state index is 0.0184. The first-order chi connectivity index (χ1) is 18.0. The number of aromatic nitrogens is 2. The molecule has 11 heteroatoms. The molecule has 0 saturated heterocycles. The molecule has 0 aliphatic carbocycles. The number of carboxylic acids is 1. The number of aliphatic hydroxyl groups is 1. The molecule has 1 aromatic heterocycles. The van der Waals surface area contributed by atoms with Crippen molar-refractivity contribution in [2.24, 2.45) is 5.92 Å². The lowest BCUT2D eigenvalue weighted by Crippen LogP contribution is -2.56. The summed E-state index contributed by atoms with van der Waals surface area (Å²) in [5.41, 5.74) is -0.440. The van der Waals surface area contributed by atoms with Crippen LogP contribution in [0.1, 0.15) is 38.8 Å². The maximum absolute atomic E-state index is 13.7. The molecule has 3 rings (SSSR count). The molecule has 0 aliphatic rings. The molecule has 0 saturated carbocycles. The number of H-pyrrole nitrogens is 1.